The van der Waals surface area contributed by atoms with Crippen LogP contribution in [0.1, 0.15) is 16.9 Å². The molecule has 0 aromatic carbocycles. The molecule has 3 heterocycles. The van der Waals surface area contributed by atoms with Gasteiger partial charge in [0.1, 0.15) is 0 Å². The summed E-state index contributed by atoms with van der Waals surface area (Å²) in [4.78, 5) is 42.6. The molecule has 0 atom stereocenters. The van der Waals surface area contributed by atoms with Crippen LogP contribution >= 0.6 is 11.3 Å². The smallest absolute Gasteiger partial charge is 0.327 e. The number of H-pyrrole nitrogens is 1. The first kappa shape index (κ1) is 14.5. The van der Waals surface area contributed by atoms with Crippen molar-refractivity contribution in [2.45, 2.75) is 19.5 Å². The second kappa shape index (κ2) is 6.15. The van der Waals surface area contributed by atoms with Gasteiger partial charge < -0.3 is 9.88 Å². The van der Waals surface area contributed by atoms with Crippen LogP contribution in [0.25, 0.3) is 0 Å². The van der Waals surface area contributed by atoms with Gasteiger partial charge in [-0.1, -0.05) is 12.1 Å². The molecule has 1 aliphatic rings. The first-order valence-electron chi connectivity index (χ1n) is 6.93. The largest absolute Gasteiger partial charge is 0.329 e. The summed E-state index contributed by atoms with van der Waals surface area (Å²) >= 11 is 1.51. The Balaban J connectivity index is 1.76. The Morgan fingerprint density at radius 1 is 1.14 bits per heavy atom. The van der Waals surface area contributed by atoms with Crippen LogP contribution in [0.4, 0.5) is 4.79 Å². The van der Waals surface area contributed by atoms with Crippen LogP contribution in [0.15, 0.2) is 40.6 Å². The number of nitrogens with one attached hydrogen (secondary N) is 1. The number of thiophene rings is 1. The van der Waals surface area contributed by atoms with Crippen molar-refractivity contribution in [1.29, 1.82) is 0 Å². The Labute approximate surface area is 131 Å². The van der Waals surface area contributed by atoms with Crippen LogP contribution in [0, 0.1) is 0 Å². The van der Waals surface area contributed by atoms with Gasteiger partial charge in [-0.2, -0.15) is 0 Å². The molecule has 1 N–H and O–H groups in total. The van der Waals surface area contributed by atoms with Gasteiger partial charge in [-0.25, -0.2) is 4.79 Å². The second-order valence-electron chi connectivity index (χ2n) is 5.04. The molecule has 0 aliphatic carbocycles. The fourth-order valence-corrected chi connectivity index (χ4v) is 3.08. The van der Waals surface area contributed by atoms with Gasteiger partial charge in [-0.05, 0) is 17.5 Å². The van der Waals surface area contributed by atoms with Crippen molar-refractivity contribution in [2.24, 2.45) is 0 Å². The van der Waals surface area contributed by atoms with E-state index in [1.54, 1.807) is 23.2 Å². The number of hydrogen-bond acceptors (Lipinski definition) is 4. The Hall–Kier alpha value is -2.41. The third-order valence-electron chi connectivity index (χ3n) is 3.55. The van der Waals surface area contributed by atoms with Gasteiger partial charge in [0.05, 0.1) is 13.1 Å². The van der Waals surface area contributed by atoms with Gasteiger partial charge >= 0.3 is 6.03 Å². The number of nitrogens with zero attached hydrogens (tertiary/aromatic N) is 2. The SMILES string of the molecule is O=C1CCN(Cc2ccc[nH]c2=O)C(=O)N1Cc1cccs1. The van der Waals surface area contributed by atoms with E-state index < -0.39 is 0 Å². The molecular weight excluding hydrogens is 302 g/mol. The molecular formula is C15H15N3O3S. The number of hydrogen-bond donors (Lipinski definition) is 1. The zero-order valence-electron chi connectivity index (χ0n) is 11.8. The van der Waals surface area contributed by atoms with Crippen molar-refractivity contribution in [3.8, 4) is 0 Å². The van der Waals surface area contributed by atoms with Crippen molar-refractivity contribution < 1.29 is 9.59 Å². The summed E-state index contributed by atoms with van der Waals surface area (Å²) in [6.45, 7) is 0.840. The average Bonchev–Trinajstić information content (AvgIpc) is 3.01. The predicted molar refractivity (Wildman–Crippen MR) is 82.4 cm³/mol. The second-order valence-corrected chi connectivity index (χ2v) is 6.07. The number of pyridine rings is 1. The Bertz CT molecular complexity index is 738. The number of carbonyl (C=O) groups excluding carboxylic acids is 2. The standard InChI is InChI=1S/C15H15N3O3S/c19-13-5-7-17(9-11-3-1-6-16-14(11)20)15(21)18(13)10-12-4-2-8-22-12/h1-4,6,8H,5,7,9-10H2,(H,16,20). The lowest BCUT2D eigenvalue weighted by molar-refractivity contribution is -0.131. The molecule has 6 nitrogen and oxygen atoms in total. The Kier molecular flexibility index (Phi) is 4.06. The summed E-state index contributed by atoms with van der Waals surface area (Å²) in [6, 6.07) is 6.85. The summed E-state index contributed by atoms with van der Waals surface area (Å²) < 4.78 is 0. The van der Waals surface area contributed by atoms with Gasteiger partial charge in [0.15, 0.2) is 0 Å². The number of imide groups is 1. The third-order valence-corrected chi connectivity index (χ3v) is 4.41. The first-order chi connectivity index (χ1) is 10.6. The van der Waals surface area contributed by atoms with E-state index >= 15 is 0 Å². The molecule has 2 aromatic heterocycles. The van der Waals surface area contributed by atoms with Crippen LogP contribution < -0.4 is 5.56 Å². The lowest BCUT2D eigenvalue weighted by Gasteiger charge is -2.33. The van der Waals surface area contributed by atoms with Gasteiger partial charge in [0, 0.05) is 29.6 Å². The van der Waals surface area contributed by atoms with Gasteiger partial charge in [0.25, 0.3) is 5.56 Å². The topological polar surface area (TPSA) is 73.5 Å². The quantitative estimate of drug-likeness (QED) is 0.934. The van der Waals surface area contributed by atoms with E-state index in [0.717, 1.165) is 4.88 Å². The van der Waals surface area contributed by atoms with Crippen LogP contribution in [-0.2, 0) is 17.9 Å². The van der Waals surface area contributed by atoms with Crippen molar-refractivity contribution in [3.63, 3.8) is 0 Å². The van der Waals surface area contributed by atoms with Crippen LogP contribution in [0.5, 0.6) is 0 Å². The van der Waals surface area contributed by atoms with E-state index in [9.17, 15) is 14.4 Å². The maximum atomic E-state index is 12.5. The number of carbonyl (C=O) groups is 2. The molecule has 0 unspecified atom stereocenters. The average molecular weight is 317 g/mol. The number of aromatic amines is 1. The van der Waals surface area contributed by atoms with Crippen LogP contribution in [0.2, 0.25) is 0 Å². The Morgan fingerprint density at radius 3 is 2.73 bits per heavy atom. The Morgan fingerprint density at radius 2 is 2.00 bits per heavy atom. The predicted octanol–water partition coefficient (Wildman–Crippen LogP) is 1.79. The molecule has 3 amide bonds. The molecule has 0 spiro atoms. The molecule has 2 aromatic rings. The zero-order chi connectivity index (χ0) is 15.5. The van der Waals surface area contributed by atoms with Crippen molar-refractivity contribution in [2.75, 3.05) is 6.54 Å². The van der Waals surface area contributed by atoms with Gasteiger partial charge in [-0.3, -0.25) is 14.5 Å². The van der Waals surface area contributed by atoms with E-state index in [4.69, 9.17) is 0 Å². The number of urea groups is 1. The summed E-state index contributed by atoms with van der Waals surface area (Å²) in [6.07, 6.45) is 1.83. The van der Waals surface area contributed by atoms with Crippen molar-refractivity contribution in [3.05, 3.63) is 56.6 Å². The fraction of sp³-hybridized carbons (Fsp3) is 0.267. The van der Waals surface area contributed by atoms with E-state index in [1.807, 2.05) is 17.5 Å². The maximum absolute atomic E-state index is 12.5. The zero-order valence-corrected chi connectivity index (χ0v) is 12.6. The fourth-order valence-electron chi connectivity index (χ4n) is 2.39. The normalized spacial score (nSPS) is 15.5. The van der Waals surface area contributed by atoms with E-state index in [2.05, 4.69) is 4.98 Å². The lowest BCUT2D eigenvalue weighted by atomic mass is 10.2. The highest BCUT2D eigenvalue weighted by atomic mass is 32.1. The summed E-state index contributed by atoms with van der Waals surface area (Å²) in [5.41, 5.74) is 0.304. The number of rotatable bonds is 4. The molecule has 1 aliphatic heterocycles. The van der Waals surface area contributed by atoms with Gasteiger partial charge in [0.2, 0.25) is 5.91 Å². The minimum Gasteiger partial charge on any atom is -0.329 e. The molecule has 0 bridgehead atoms. The molecule has 7 heteroatoms. The highest BCUT2D eigenvalue weighted by Crippen LogP contribution is 2.18. The third kappa shape index (κ3) is 2.94. The minimum absolute atomic E-state index is 0.170. The van der Waals surface area contributed by atoms with Crippen molar-refractivity contribution in [1.82, 2.24) is 14.8 Å². The summed E-state index contributed by atoms with van der Waals surface area (Å²) in [5, 5.41) is 1.91. The number of amides is 3. The maximum Gasteiger partial charge on any atom is 0.327 e. The highest BCUT2D eigenvalue weighted by molar-refractivity contribution is 7.09. The van der Waals surface area contributed by atoms with Crippen molar-refractivity contribution >= 4 is 23.3 Å². The highest BCUT2D eigenvalue weighted by Gasteiger charge is 2.32. The van der Waals surface area contributed by atoms with Crippen LogP contribution in [-0.4, -0.2) is 33.3 Å². The summed E-state index contributed by atoms with van der Waals surface area (Å²) in [7, 11) is 0. The van der Waals surface area contributed by atoms with E-state index in [-0.39, 0.29) is 37.0 Å². The first-order valence-corrected chi connectivity index (χ1v) is 7.81. The summed E-state index contributed by atoms with van der Waals surface area (Å²) in [5.74, 6) is -0.170. The lowest BCUT2D eigenvalue weighted by Crippen LogP contribution is -2.51. The molecule has 0 radical (unpaired) electrons. The molecule has 114 valence electrons. The van der Waals surface area contributed by atoms with E-state index in [1.165, 1.54) is 16.2 Å². The molecule has 1 saturated heterocycles. The molecule has 0 saturated carbocycles. The van der Waals surface area contributed by atoms with E-state index in [0.29, 0.717) is 12.1 Å². The molecule has 22 heavy (non-hydrogen) atoms. The monoisotopic (exact) mass is 317 g/mol. The molecule has 1 fully saturated rings. The van der Waals surface area contributed by atoms with Crippen LogP contribution in [0.3, 0.4) is 0 Å². The minimum atomic E-state index is -0.340. The van der Waals surface area contributed by atoms with Gasteiger partial charge in [-0.15, -0.1) is 11.3 Å². The molecule has 3 rings (SSSR count). The number of aromatic nitrogens is 1.